The molecule has 0 spiro atoms. The summed E-state index contributed by atoms with van der Waals surface area (Å²) in [6.07, 6.45) is 0. The van der Waals surface area contributed by atoms with Crippen molar-refractivity contribution in [2.45, 2.75) is 33.4 Å². The zero-order valence-corrected chi connectivity index (χ0v) is 17.4. The third-order valence-electron chi connectivity index (χ3n) is 4.28. The van der Waals surface area contributed by atoms with E-state index in [0.29, 0.717) is 17.3 Å². The van der Waals surface area contributed by atoms with Gasteiger partial charge in [-0.25, -0.2) is 9.48 Å². The number of rotatable bonds is 7. The molecule has 152 valence electrons. The first kappa shape index (κ1) is 20.7. The molecule has 0 aliphatic carbocycles. The largest absolute Gasteiger partial charge is 0.451 e. The number of aromatic nitrogens is 2. The zero-order valence-electron chi connectivity index (χ0n) is 16.5. The van der Waals surface area contributed by atoms with Crippen molar-refractivity contribution in [2.24, 2.45) is 5.92 Å². The lowest BCUT2D eigenvalue weighted by Crippen LogP contribution is -2.32. The highest BCUT2D eigenvalue weighted by Crippen LogP contribution is 2.18. The van der Waals surface area contributed by atoms with Crippen molar-refractivity contribution in [3.05, 3.63) is 62.7 Å². The van der Waals surface area contributed by atoms with Gasteiger partial charge in [0.25, 0.3) is 11.5 Å². The fraction of sp³-hybridized carbons (Fsp3) is 0.333. The van der Waals surface area contributed by atoms with Crippen molar-refractivity contribution in [1.29, 1.82) is 0 Å². The number of ether oxygens (including phenoxy) is 1. The van der Waals surface area contributed by atoms with Crippen LogP contribution in [0, 0.1) is 5.92 Å². The van der Waals surface area contributed by atoms with E-state index < -0.39 is 18.5 Å². The molecule has 1 amide bonds. The third-order valence-corrected chi connectivity index (χ3v) is 5.34. The number of nitrogens with zero attached hydrogens (tertiary/aromatic N) is 2. The van der Waals surface area contributed by atoms with E-state index in [1.807, 2.05) is 38.3 Å². The lowest BCUT2D eigenvalue weighted by atomic mass is 10.1. The normalized spacial score (nSPS) is 12.1. The maximum absolute atomic E-state index is 12.6. The topological polar surface area (TPSA) is 90.3 Å². The van der Waals surface area contributed by atoms with Crippen LogP contribution >= 0.6 is 11.3 Å². The first-order chi connectivity index (χ1) is 13.9. The number of fused-ring (bicyclic) bond motifs is 1. The summed E-state index contributed by atoms with van der Waals surface area (Å²) in [4.78, 5) is 38.4. The molecule has 0 unspecified atom stereocenters. The van der Waals surface area contributed by atoms with E-state index in [9.17, 15) is 14.4 Å². The van der Waals surface area contributed by atoms with Crippen LogP contribution in [-0.2, 0) is 16.1 Å². The molecule has 0 saturated heterocycles. The molecule has 0 aliphatic heterocycles. The third kappa shape index (κ3) is 4.89. The minimum absolute atomic E-state index is 0.0277. The number of carbonyl (C=O) groups excluding carboxylic acids is 2. The van der Waals surface area contributed by atoms with Crippen LogP contribution in [0.4, 0.5) is 0 Å². The summed E-state index contributed by atoms with van der Waals surface area (Å²) in [5.41, 5.74) is -0.228. The molecule has 8 heteroatoms. The Labute approximate surface area is 172 Å². The van der Waals surface area contributed by atoms with Gasteiger partial charge in [0, 0.05) is 16.8 Å². The lowest BCUT2D eigenvalue weighted by molar-refractivity contribution is -0.124. The minimum Gasteiger partial charge on any atom is -0.451 e. The van der Waals surface area contributed by atoms with Gasteiger partial charge in [-0.15, -0.1) is 11.3 Å². The van der Waals surface area contributed by atoms with Crippen molar-refractivity contribution < 1.29 is 14.3 Å². The van der Waals surface area contributed by atoms with E-state index in [1.54, 1.807) is 24.3 Å². The van der Waals surface area contributed by atoms with Gasteiger partial charge in [0.15, 0.2) is 12.3 Å². The number of thiophene rings is 1. The monoisotopic (exact) mass is 413 g/mol. The predicted octanol–water partition coefficient (Wildman–Crippen LogP) is 3.15. The molecule has 3 rings (SSSR count). The fourth-order valence-corrected chi connectivity index (χ4v) is 3.68. The van der Waals surface area contributed by atoms with Crippen LogP contribution in [0.15, 0.2) is 46.6 Å². The molecule has 7 nitrogen and oxygen atoms in total. The molecule has 0 saturated carbocycles. The summed E-state index contributed by atoms with van der Waals surface area (Å²) in [7, 11) is 0. The molecule has 0 radical (unpaired) electrons. The van der Waals surface area contributed by atoms with Gasteiger partial charge >= 0.3 is 5.97 Å². The maximum atomic E-state index is 12.6. The first-order valence-corrected chi connectivity index (χ1v) is 10.2. The second kappa shape index (κ2) is 9.00. The molecule has 0 fully saturated rings. The van der Waals surface area contributed by atoms with Crippen LogP contribution in [0.5, 0.6) is 0 Å². The van der Waals surface area contributed by atoms with E-state index in [0.717, 1.165) is 4.88 Å². The second-order valence-electron chi connectivity index (χ2n) is 7.16. The van der Waals surface area contributed by atoms with Gasteiger partial charge in [-0.05, 0) is 30.4 Å². The number of carbonyl (C=O) groups is 2. The van der Waals surface area contributed by atoms with Crippen molar-refractivity contribution in [3.63, 3.8) is 0 Å². The van der Waals surface area contributed by atoms with Gasteiger partial charge < -0.3 is 10.1 Å². The Kier molecular flexibility index (Phi) is 6.43. The van der Waals surface area contributed by atoms with E-state index in [4.69, 9.17) is 4.74 Å². The number of hydrogen-bond acceptors (Lipinski definition) is 6. The fourth-order valence-electron chi connectivity index (χ4n) is 2.95. The Morgan fingerprint density at radius 2 is 1.86 bits per heavy atom. The number of hydrogen-bond donors (Lipinski definition) is 1. The summed E-state index contributed by atoms with van der Waals surface area (Å²) in [5.74, 6) is -0.966. The molecule has 3 aromatic rings. The molecule has 2 aromatic heterocycles. The minimum atomic E-state index is -0.738. The molecule has 1 aromatic carbocycles. The number of esters is 1. The highest BCUT2D eigenvalue weighted by atomic mass is 32.1. The van der Waals surface area contributed by atoms with E-state index >= 15 is 0 Å². The van der Waals surface area contributed by atoms with Crippen LogP contribution in [-0.4, -0.2) is 28.3 Å². The predicted molar refractivity (Wildman–Crippen MR) is 112 cm³/mol. The van der Waals surface area contributed by atoms with E-state index in [-0.39, 0.29) is 23.2 Å². The summed E-state index contributed by atoms with van der Waals surface area (Å²) in [6.45, 7) is 5.74. The van der Waals surface area contributed by atoms with Crippen LogP contribution in [0.1, 0.15) is 42.2 Å². The zero-order chi connectivity index (χ0) is 21.0. The SMILES string of the molecule is CC(C)Cn1nc(C(=O)OCC(=O)N[C@@H](C)c2cccs2)c2ccccc2c1=O. The average Bonchev–Trinajstić information content (AvgIpc) is 3.23. The summed E-state index contributed by atoms with van der Waals surface area (Å²) < 4.78 is 6.47. The average molecular weight is 413 g/mol. The molecule has 0 bridgehead atoms. The standard InChI is InChI=1S/C21H23N3O4S/c1-13(2)11-24-20(26)16-8-5-4-7-15(16)19(23-24)21(27)28-12-18(25)22-14(3)17-9-6-10-29-17/h4-10,13-14H,11-12H2,1-3H3,(H,22,25)/t14-/m0/s1. The van der Waals surface area contributed by atoms with Crippen LogP contribution in [0.2, 0.25) is 0 Å². The Hall–Kier alpha value is -3.00. The second-order valence-corrected chi connectivity index (χ2v) is 8.14. The van der Waals surface area contributed by atoms with E-state index in [2.05, 4.69) is 10.4 Å². The molecular weight excluding hydrogens is 390 g/mol. The number of amides is 1. The Bertz CT molecular complexity index is 1070. The Balaban J connectivity index is 1.77. The number of nitrogens with one attached hydrogen (secondary N) is 1. The molecule has 1 atom stereocenters. The molecule has 2 heterocycles. The number of benzene rings is 1. The Morgan fingerprint density at radius 3 is 2.52 bits per heavy atom. The van der Waals surface area contributed by atoms with Crippen molar-refractivity contribution in [1.82, 2.24) is 15.1 Å². The summed E-state index contributed by atoms with van der Waals surface area (Å²) in [6, 6.07) is 10.4. The molecule has 1 N–H and O–H groups in total. The molecule has 29 heavy (non-hydrogen) atoms. The van der Waals surface area contributed by atoms with Crippen molar-refractivity contribution in [2.75, 3.05) is 6.61 Å². The van der Waals surface area contributed by atoms with Gasteiger partial charge in [0.05, 0.1) is 11.4 Å². The molecule has 0 aliphatic rings. The van der Waals surface area contributed by atoms with Crippen molar-refractivity contribution >= 4 is 34.0 Å². The van der Waals surface area contributed by atoms with Crippen LogP contribution in [0.3, 0.4) is 0 Å². The Morgan fingerprint density at radius 1 is 1.14 bits per heavy atom. The van der Waals surface area contributed by atoms with Crippen LogP contribution in [0.25, 0.3) is 10.8 Å². The van der Waals surface area contributed by atoms with Crippen molar-refractivity contribution in [3.8, 4) is 0 Å². The lowest BCUT2D eigenvalue weighted by Gasteiger charge is -2.14. The van der Waals surface area contributed by atoms with Gasteiger partial charge in [0.2, 0.25) is 0 Å². The van der Waals surface area contributed by atoms with Gasteiger partial charge in [0.1, 0.15) is 0 Å². The first-order valence-electron chi connectivity index (χ1n) is 9.36. The maximum Gasteiger partial charge on any atom is 0.359 e. The van der Waals surface area contributed by atoms with Gasteiger partial charge in [-0.2, -0.15) is 5.10 Å². The quantitative estimate of drug-likeness (QED) is 0.601. The highest BCUT2D eigenvalue weighted by Gasteiger charge is 2.20. The van der Waals surface area contributed by atoms with Gasteiger partial charge in [-0.1, -0.05) is 38.1 Å². The summed E-state index contributed by atoms with van der Waals surface area (Å²) in [5, 5.41) is 9.75. The van der Waals surface area contributed by atoms with E-state index in [1.165, 1.54) is 16.0 Å². The highest BCUT2D eigenvalue weighted by molar-refractivity contribution is 7.10. The summed E-state index contributed by atoms with van der Waals surface area (Å²) >= 11 is 1.54. The van der Waals surface area contributed by atoms with Crippen LogP contribution < -0.4 is 10.9 Å². The van der Waals surface area contributed by atoms with Gasteiger partial charge in [-0.3, -0.25) is 9.59 Å². The smallest absolute Gasteiger partial charge is 0.359 e. The molecular formula is C21H23N3O4S.